The number of aromatic hydroxyl groups is 2. The number of amides is 3. The van der Waals surface area contributed by atoms with Crippen LogP contribution in [0.4, 0.5) is 0 Å². The summed E-state index contributed by atoms with van der Waals surface area (Å²) in [5.74, 6) is -3.28. The second-order valence-electron chi connectivity index (χ2n) is 10.3. The maximum Gasteiger partial charge on any atom is 0.326 e. The molecule has 2 rings (SSSR count). The molecule has 0 aliphatic carbocycles. The summed E-state index contributed by atoms with van der Waals surface area (Å²) in [7, 11) is 0. The zero-order chi connectivity index (χ0) is 30.5. The zero-order valence-electron chi connectivity index (χ0n) is 23.4. The number of carbonyl (C=O) groups is 4. The van der Waals surface area contributed by atoms with E-state index < -0.39 is 47.9 Å². The number of hydrogen-bond acceptors (Lipinski definition) is 8. The molecule has 0 aliphatic heterocycles. The van der Waals surface area contributed by atoms with Gasteiger partial charge in [-0.1, -0.05) is 38.1 Å². The van der Waals surface area contributed by atoms with Crippen LogP contribution < -0.4 is 27.4 Å². The summed E-state index contributed by atoms with van der Waals surface area (Å²) >= 11 is 0. The van der Waals surface area contributed by atoms with Crippen LogP contribution in [-0.4, -0.2) is 69.7 Å². The van der Waals surface area contributed by atoms with Gasteiger partial charge in [-0.3, -0.25) is 14.4 Å². The Hall–Kier alpha value is -4.16. The first-order valence-corrected chi connectivity index (χ1v) is 13.6. The number of nitrogens with two attached hydrogens (primary N) is 2. The van der Waals surface area contributed by atoms with Gasteiger partial charge in [0.05, 0.1) is 6.04 Å². The summed E-state index contributed by atoms with van der Waals surface area (Å²) in [4.78, 5) is 51.4. The molecule has 0 aromatic heterocycles. The van der Waals surface area contributed by atoms with Crippen molar-refractivity contribution in [3.8, 4) is 11.5 Å². The van der Waals surface area contributed by atoms with E-state index in [-0.39, 0.29) is 36.7 Å². The molecule has 3 amide bonds. The Labute approximate surface area is 239 Å². The van der Waals surface area contributed by atoms with E-state index in [1.807, 2.05) is 0 Å². The number of phenolic OH excluding ortho intramolecular Hbond substituents is 2. The Kier molecular flexibility index (Phi) is 13.0. The first kappa shape index (κ1) is 33.0. The molecule has 10 N–H and O–H groups in total. The van der Waals surface area contributed by atoms with E-state index in [4.69, 9.17) is 11.5 Å². The molecular formula is C29H41N5O7. The van der Waals surface area contributed by atoms with Gasteiger partial charge in [0.2, 0.25) is 17.7 Å². The van der Waals surface area contributed by atoms with E-state index in [9.17, 15) is 34.5 Å². The predicted molar refractivity (Wildman–Crippen MR) is 153 cm³/mol. The van der Waals surface area contributed by atoms with Crippen molar-refractivity contribution in [2.45, 2.75) is 70.1 Å². The van der Waals surface area contributed by atoms with Gasteiger partial charge in [0.25, 0.3) is 0 Å². The summed E-state index contributed by atoms with van der Waals surface area (Å²) in [6.45, 7) is 3.91. The topological polar surface area (TPSA) is 217 Å². The molecule has 2 aromatic carbocycles. The van der Waals surface area contributed by atoms with Gasteiger partial charge in [-0.2, -0.15) is 0 Å². The highest BCUT2D eigenvalue weighted by molar-refractivity contribution is 5.94. The van der Waals surface area contributed by atoms with Crippen molar-refractivity contribution in [1.29, 1.82) is 0 Å². The van der Waals surface area contributed by atoms with Crippen LogP contribution in [0.25, 0.3) is 0 Å². The van der Waals surface area contributed by atoms with Crippen LogP contribution in [0.2, 0.25) is 0 Å². The van der Waals surface area contributed by atoms with E-state index in [1.165, 1.54) is 24.3 Å². The highest BCUT2D eigenvalue weighted by Gasteiger charge is 2.31. The van der Waals surface area contributed by atoms with Crippen LogP contribution in [0.15, 0.2) is 48.5 Å². The molecule has 4 atom stereocenters. The van der Waals surface area contributed by atoms with Crippen molar-refractivity contribution >= 4 is 23.7 Å². The van der Waals surface area contributed by atoms with Crippen molar-refractivity contribution < 1.29 is 34.5 Å². The number of unbranched alkanes of at least 4 members (excludes halogenated alkanes) is 1. The number of nitrogens with one attached hydrogen (secondary N) is 3. The van der Waals surface area contributed by atoms with Gasteiger partial charge in [0.1, 0.15) is 29.6 Å². The highest BCUT2D eigenvalue weighted by atomic mass is 16.4. The molecule has 0 heterocycles. The fourth-order valence-electron chi connectivity index (χ4n) is 4.02. The predicted octanol–water partition coefficient (Wildman–Crippen LogP) is 0.534. The molecule has 0 aliphatic rings. The van der Waals surface area contributed by atoms with Gasteiger partial charge in [-0.25, -0.2) is 4.79 Å². The lowest BCUT2D eigenvalue weighted by Crippen LogP contribution is -2.58. The Balaban J connectivity index is 2.24. The highest BCUT2D eigenvalue weighted by Crippen LogP contribution is 2.14. The number of carboxylic acids is 1. The number of rotatable bonds is 16. The quantitative estimate of drug-likeness (QED) is 0.132. The molecule has 224 valence electrons. The molecule has 2 aromatic rings. The molecule has 12 heteroatoms. The van der Waals surface area contributed by atoms with Gasteiger partial charge in [-0.05, 0) is 67.1 Å². The van der Waals surface area contributed by atoms with Crippen molar-refractivity contribution in [3.63, 3.8) is 0 Å². The monoisotopic (exact) mass is 571 g/mol. The normalized spacial score (nSPS) is 14.0. The SMILES string of the molecule is CC(C)C(N)C(=O)NC(Cc1ccc(O)cc1)C(=O)NC(CCCCN)C(=O)NC(Cc1ccc(O)cc1)C(=O)O. The molecule has 0 fully saturated rings. The molecule has 12 nitrogen and oxygen atoms in total. The molecule has 0 spiro atoms. The zero-order valence-corrected chi connectivity index (χ0v) is 23.4. The summed E-state index contributed by atoms with van der Waals surface area (Å²) in [6.07, 6.45) is 1.26. The van der Waals surface area contributed by atoms with E-state index in [0.29, 0.717) is 30.5 Å². The van der Waals surface area contributed by atoms with Crippen molar-refractivity contribution in [1.82, 2.24) is 16.0 Å². The molecule has 41 heavy (non-hydrogen) atoms. The van der Waals surface area contributed by atoms with E-state index >= 15 is 0 Å². The van der Waals surface area contributed by atoms with Crippen LogP contribution in [0.5, 0.6) is 11.5 Å². The number of carbonyl (C=O) groups excluding carboxylic acids is 3. The lowest BCUT2D eigenvalue weighted by Gasteiger charge is -2.26. The second-order valence-corrected chi connectivity index (χ2v) is 10.3. The lowest BCUT2D eigenvalue weighted by molar-refractivity contribution is -0.142. The summed E-state index contributed by atoms with van der Waals surface area (Å²) < 4.78 is 0. The standard InChI is InChI=1S/C29H41N5O7/c1-17(2)25(31)28(39)33-23(15-18-6-10-20(35)11-7-18)27(38)32-22(5-3-4-14-30)26(37)34-24(29(40)41)16-19-8-12-21(36)13-9-19/h6-13,17,22-25,35-36H,3-5,14-16,30-31H2,1-2H3,(H,32,38)(H,33,39)(H,34,37)(H,40,41). The Morgan fingerprint density at radius 1 is 0.707 bits per heavy atom. The molecule has 0 radical (unpaired) electrons. The first-order valence-electron chi connectivity index (χ1n) is 13.6. The third-order valence-electron chi connectivity index (χ3n) is 6.60. The summed E-state index contributed by atoms with van der Waals surface area (Å²) in [5, 5.41) is 36.7. The molecule has 0 saturated carbocycles. The van der Waals surface area contributed by atoms with Gasteiger partial charge in [0, 0.05) is 12.8 Å². The van der Waals surface area contributed by atoms with Crippen molar-refractivity contribution in [2.75, 3.05) is 6.54 Å². The number of phenols is 2. The lowest BCUT2D eigenvalue weighted by atomic mass is 10.0. The average molecular weight is 572 g/mol. The minimum Gasteiger partial charge on any atom is -0.508 e. The number of carboxylic acid groups (broad SMARTS) is 1. The minimum atomic E-state index is -1.29. The average Bonchev–Trinajstić information content (AvgIpc) is 2.93. The molecule has 0 bridgehead atoms. The van der Waals surface area contributed by atoms with E-state index in [1.54, 1.807) is 38.1 Å². The van der Waals surface area contributed by atoms with Crippen LogP contribution in [0.3, 0.4) is 0 Å². The van der Waals surface area contributed by atoms with Crippen molar-refractivity contribution in [2.24, 2.45) is 17.4 Å². The van der Waals surface area contributed by atoms with Gasteiger partial charge < -0.3 is 42.7 Å². The van der Waals surface area contributed by atoms with Gasteiger partial charge in [0.15, 0.2) is 0 Å². The molecular weight excluding hydrogens is 530 g/mol. The molecule has 4 unspecified atom stereocenters. The van der Waals surface area contributed by atoms with E-state index in [2.05, 4.69) is 16.0 Å². The smallest absolute Gasteiger partial charge is 0.326 e. The number of aliphatic carboxylic acids is 1. The first-order chi connectivity index (χ1) is 19.4. The third-order valence-corrected chi connectivity index (χ3v) is 6.60. The Morgan fingerprint density at radius 2 is 1.15 bits per heavy atom. The Bertz CT molecular complexity index is 1160. The van der Waals surface area contributed by atoms with Crippen LogP contribution >= 0.6 is 0 Å². The largest absolute Gasteiger partial charge is 0.508 e. The minimum absolute atomic E-state index is 0.0237. The van der Waals surface area contributed by atoms with Crippen LogP contribution in [0, 0.1) is 5.92 Å². The molecule has 0 saturated heterocycles. The van der Waals surface area contributed by atoms with Gasteiger partial charge in [-0.15, -0.1) is 0 Å². The van der Waals surface area contributed by atoms with Crippen LogP contribution in [0.1, 0.15) is 44.2 Å². The van der Waals surface area contributed by atoms with E-state index in [0.717, 1.165) is 0 Å². The number of benzene rings is 2. The maximum atomic E-state index is 13.5. The summed E-state index contributed by atoms with van der Waals surface area (Å²) in [5.41, 5.74) is 12.8. The van der Waals surface area contributed by atoms with Gasteiger partial charge >= 0.3 is 5.97 Å². The third kappa shape index (κ3) is 11.1. The fraction of sp³-hybridized carbons (Fsp3) is 0.448. The Morgan fingerprint density at radius 3 is 1.61 bits per heavy atom. The summed E-state index contributed by atoms with van der Waals surface area (Å²) in [6, 6.07) is 7.69. The fourth-order valence-corrected chi connectivity index (χ4v) is 4.02. The number of hydrogen-bond donors (Lipinski definition) is 8. The van der Waals surface area contributed by atoms with Crippen LogP contribution in [-0.2, 0) is 32.0 Å². The maximum absolute atomic E-state index is 13.5. The second kappa shape index (κ2) is 16.2. The van der Waals surface area contributed by atoms with Crippen molar-refractivity contribution in [3.05, 3.63) is 59.7 Å².